The lowest BCUT2D eigenvalue weighted by molar-refractivity contribution is 0.614. The van der Waals surface area contributed by atoms with Crippen molar-refractivity contribution in [3.05, 3.63) is 53.6 Å². The van der Waals surface area contributed by atoms with Crippen molar-refractivity contribution in [2.75, 3.05) is 17.6 Å². The topological polar surface area (TPSA) is 64.1 Å². The van der Waals surface area contributed by atoms with Gasteiger partial charge in [0.05, 0.1) is 5.69 Å². The van der Waals surface area contributed by atoms with Crippen molar-refractivity contribution in [1.82, 2.24) is 4.98 Å². The van der Waals surface area contributed by atoms with E-state index in [1.165, 1.54) is 11.1 Å². The molecule has 0 aliphatic rings. The molecule has 2 aromatic carbocycles. The second-order valence-electron chi connectivity index (χ2n) is 4.82. The van der Waals surface area contributed by atoms with E-state index < -0.39 is 0 Å². The Morgan fingerprint density at radius 3 is 2.80 bits per heavy atom. The Morgan fingerprint density at radius 1 is 1.15 bits per heavy atom. The summed E-state index contributed by atoms with van der Waals surface area (Å²) in [6.07, 6.45) is 0.931. The Balaban J connectivity index is 1.68. The van der Waals surface area contributed by atoms with Crippen molar-refractivity contribution in [2.45, 2.75) is 13.3 Å². The van der Waals surface area contributed by atoms with Crippen LogP contribution in [0.2, 0.25) is 0 Å². The van der Waals surface area contributed by atoms with Crippen LogP contribution in [-0.2, 0) is 6.42 Å². The number of nitrogen functional groups attached to an aromatic ring is 1. The Labute approximate surface area is 117 Å². The summed E-state index contributed by atoms with van der Waals surface area (Å²) in [4.78, 5) is 4.36. The molecule has 0 spiro atoms. The molecule has 0 amide bonds. The number of benzene rings is 2. The highest BCUT2D eigenvalue weighted by molar-refractivity contribution is 5.86. The van der Waals surface area contributed by atoms with Crippen molar-refractivity contribution in [2.24, 2.45) is 0 Å². The van der Waals surface area contributed by atoms with E-state index in [4.69, 9.17) is 10.2 Å². The van der Waals surface area contributed by atoms with Crippen LogP contribution in [0.4, 0.5) is 11.7 Å². The van der Waals surface area contributed by atoms with E-state index in [0.717, 1.165) is 13.0 Å². The zero-order valence-corrected chi connectivity index (χ0v) is 11.4. The Bertz CT molecular complexity index is 733. The van der Waals surface area contributed by atoms with E-state index in [0.29, 0.717) is 22.8 Å². The van der Waals surface area contributed by atoms with Gasteiger partial charge in [0.2, 0.25) is 0 Å². The fourth-order valence-electron chi connectivity index (χ4n) is 2.24. The number of aryl methyl sites for hydroxylation is 1. The first kappa shape index (κ1) is 12.5. The molecule has 4 heteroatoms. The number of fused-ring (bicyclic) bond motifs is 1. The molecule has 20 heavy (non-hydrogen) atoms. The summed E-state index contributed by atoms with van der Waals surface area (Å²) in [5.74, 6) is 0. The SMILES string of the molecule is Cc1ccccc1CCNc1nc2c(N)cccc2o1. The van der Waals surface area contributed by atoms with Crippen LogP contribution in [0.3, 0.4) is 0 Å². The van der Waals surface area contributed by atoms with Crippen LogP contribution in [0.5, 0.6) is 0 Å². The van der Waals surface area contributed by atoms with Gasteiger partial charge in [-0.2, -0.15) is 4.98 Å². The number of nitrogens with one attached hydrogen (secondary N) is 1. The summed E-state index contributed by atoms with van der Waals surface area (Å²) in [7, 11) is 0. The van der Waals surface area contributed by atoms with Crippen molar-refractivity contribution in [3.63, 3.8) is 0 Å². The van der Waals surface area contributed by atoms with Crippen LogP contribution in [0.25, 0.3) is 11.1 Å². The van der Waals surface area contributed by atoms with Crippen LogP contribution in [-0.4, -0.2) is 11.5 Å². The summed E-state index contributed by atoms with van der Waals surface area (Å²) in [5.41, 5.74) is 10.6. The molecule has 0 unspecified atom stereocenters. The lowest BCUT2D eigenvalue weighted by Crippen LogP contribution is -2.05. The molecule has 1 heterocycles. The van der Waals surface area contributed by atoms with Gasteiger partial charge >= 0.3 is 0 Å². The van der Waals surface area contributed by atoms with Crippen molar-refractivity contribution < 1.29 is 4.42 Å². The lowest BCUT2D eigenvalue weighted by atomic mass is 10.1. The number of hydrogen-bond acceptors (Lipinski definition) is 4. The summed E-state index contributed by atoms with van der Waals surface area (Å²) in [6.45, 7) is 2.90. The molecule has 1 aromatic heterocycles. The normalized spacial score (nSPS) is 10.8. The highest BCUT2D eigenvalue weighted by atomic mass is 16.4. The maximum atomic E-state index is 5.86. The van der Waals surface area contributed by atoms with E-state index in [1.54, 1.807) is 0 Å². The lowest BCUT2D eigenvalue weighted by Gasteiger charge is -2.05. The van der Waals surface area contributed by atoms with Crippen LogP contribution in [0.15, 0.2) is 46.9 Å². The number of nitrogens with zero attached hydrogens (tertiary/aromatic N) is 1. The smallest absolute Gasteiger partial charge is 0.295 e. The van der Waals surface area contributed by atoms with Crippen molar-refractivity contribution >= 4 is 22.8 Å². The zero-order chi connectivity index (χ0) is 13.9. The fourth-order valence-corrected chi connectivity index (χ4v) is 2.24. The first-order valence-electron chi connectivity index (χ1n) is 6.67. The first-order chi connectivity index (χ1) is 9.74. The summed E-state index contributed by atoms with van der Waals surface area (Å²) in [5, 5.41) is 3.20. The van der Waals surface area contributed by atoms with E-state index in [-0.39, 0.29) is 0 Å². The molecule has 3 N–H and O–H groups in total. The number of hydrogen-bond donors (Lipinski definition) is 2. The molecule has 102 valence electrons. The predicted octanol–water partition coefficient (Wildman–Crippen LogP) is 3.37. The Morgan fingerprint density at radius 2 is 2.00 bits per heavy atom. The Kier molecular flexibility index (Phi) is 3.29. The van der Waals surface area contributed by atoms with Gasteiger partial charge in [0, 0.05) is 6.54 Å². The first-order valence-corrected chi connectivity index (χ1v) is 6.67. The third-order valence-corrected chi connectivity index (χ3v) is 3.38. The minimum atomic E-state index is 0.520. The van der Waals surface area contributed by atoms with Crippen molar-refractivity contribution in [1.29, 1.82) is 0 Å². The number of para-hydroxylation sites is 1. The molecule has 0 saturated carbocycles. The maximum absolute atomic E-state index is 5.86. The highest BCUT2D eigenvalue weighted by Crippen LogP contribution is 2.23. The van der Waals surface area contributed by atoms with Crippen LogP contribution in [0, 0.1) is 6.92 Å². The van der Waals surface area contributed by atoms with Crippen LogP contribution in [0.1, 0.15) is 11.1 Å². The van der Waals surface area contributed by atoms with Gasteiger partial charge in [-0.3, -0.25) is 0 Å². The molecule has 0 bridgehead atoms. The van der Waals surface area contributed by atoms with E-state index in [2.05, 4.69) is 41.5 Å². The molecule has 0 aliphatic heterocycles. The average molecular weight is 267 g/mol. The van der Waals surface area contributed by atoms with Gasteiger partial charge in [0.25, 0.3) is 6.01 Å². The molecular formula is C16H17N3O. The second kappa shape index (κ2) is 5.25. The van der Waals surface area contributed by atoms with Gasteiger partial charge in [0.15, 0.2) is 5.58 Å². The van der Waals surface area contributed by atoms with E-state index >= 15 is 0 Å². The molecule has 3 aromatic rings. The standard InChI is InChI=1S/C16H17N3O/c1-11-5-2-3-6-12(11)9-10-18-16-19-15-13(17)7-4-8-14(15)20-16/h2-8H,9-10,17H2,1H3,(H,18,19). The third kappa shape index (κ3) is 2.45. The summed E-state index contributed by atoms with van der Waals surface area (Å²) >= 11 is 0. The number of oxazole rings is 1. The molecule has 0 fully saturated rings. The largest absolute Gasteiger partial charge is 0.423 e. The number of anilines is 2. The molecular weight excluding hydrogens is 250 g/mol. The Hall–Kier alpha value is -2.49. The van der Waals surface area contributed by atoms with Crippen molar-refractivity contribution in [3.8, 4) is 0 Å². The van der Waals surface area contributed by atoms with Crippen LogP contribution >= 0.6 is 0 Å². The number of rotatable bonds is 4. The maximum Gasteiger partial charge on any atom is 0.295 e. The van der Waals surface area contributed by atoms with Gasteiger partial charge in [-0.15, -0.1) is 0 Å². The predicted molar refractivity (Wildman–Crippen MR) is 81.8 cm³/mol. The third-order valence-electron chi connectivity index (χ3n) is 3.38. The second-order valence-corrected chi connectivity index (χ2v) is 4.82. The monoisotopic (exact) mass is 267 g/mol. The minimum absolute atomic E-state index is 0.520. The minimum Gasteiger partial charge on any atom is -0.423 e. The number of aromatic nitrogens is 1. The highest BCUT2D eigenvalue weighted by Gasteiger charge is 2.07. The van der Waals surface area contributed by atoms with E-state index in [1.807, 2.05) is 18.2 Å². The van der Waals surface area contributed by atoms with Gasteiger partial charge < -0.3 is 15.5 Å². The molecule has 0 radical (unpaired) electrons. The van der Waals surface area contributed by atoms with Gasteiger partial charge in [0.1, 0.15) is 5.52 Å². The summed E-state index contributed by atoms with van der Waals surface area (Å²) in [6, 6.07) is 14.4. The molecule has 4 nitrogen and oxygen atoms in total. The van der Waals surface area contributed by atoms with Gasteiger partial charge in [-0.05, 0) is 36.6 Å². The quantitative estimate of drug-likeness (QED) is 0.711. The molecule has 0 saturated heterocycles. The average Bonchev–Trinajstić information content (AvgIpc) is 2.85. The molecule has 0 atom stereocenters. The molecule has 3 rings (SSSR count). The fraction of sp³-hybridized carbons (Fsp3) is 0.188. The molecule has 0 aliphatic carbocycles. The number of nitrogens with two attached hydrogens (primary N) is 1. The van der Waals surface area contributed by atoms with E-state index in [9.17, 15) is 0 Å². The van der Waals surface area contributed by atoms with Crippen LogP contribution < -0.4 is 11.1 Å². The van der Waals surface area contributed by atoms with Gasteiger partial charge in [-0.1, -0.05) is 30.3 Å². The van der Waals surface area contributed by atoms with Gasteiger partial charge in [-0.25, -0.2) is 0 Å². The summed E-state index contributed by atoms with van der Waals surface area (Å²) < 4.78 is 5.61. The zero-order valence-electron chi connectivity index (χ0n) is 11.4.